The van der Waals surface area contributed by atoms with Gasteiger partial charge in [-0.3, -0.25) is 0 Å². The summed E-state index contributed by atoms with van der Waals surface area (Å²) in [5, 5.41) is 3.05. The van der Waals surface area contributed by atoms with Crippen molar-refractivity contribution in [1.82, 2.24) is 5.32 Å². The number of allylic oxidation sites excluding steroid dienone is 3. The first-order valence-corrected chi connectivity index (χ1v) is 3.79. The Hall–Kier alpha value is -0.560. The second kappa shape index (κ2) is 6.56. The van der Waals surface area contributed by atoms with Crippen molar-refractivity contribution in [3.63, 3.8) is 0 Å². The maximum Gasteiger partial charge on any atom is 0.0135 e. The van der Waals surface area contributed by atoms with Gasteiger partial charge in [0.2, 0.25) is 0 Å². The largest absolute Gasteiger partial charge is 0.316 e. The lowest BCUT2D eigenvalue weighted by Crippen LogP contribution is -2.03. The number of hydrogen-bond donors (Lipinski definition) is 1. The Kier molecular flexibility index (Phi) is 6.19. The normalized spacial score (nSPS) is 12.9. The van der Waals surface area contributed by atoms with Gasteiger partial charge in [0.05, 0.1) is 0 Å². The van der Waals surface area contributed by atoms with Crippen LogP contribution in [0.2, 0.25) is 0 Å². The van der Waals surface area contributed by atoms with Crippen LogP contribution in [0.1, 0.15) is 20.3 Å². The first-order valence-electron chi connectivity index (χ1n) is 3.79. The molecule has 0 aliphatic heterocycles. The fourth-order valence-corrected chi connectivity index (χ4v) is 0.753. The van der Waals surface area contributed by atoms with Crippen LogP contribution in [0.25, 0.3) is 0 Å². The summed E-state index contributed by atoms with van der Waals surface area (Å²) >= 11 is 0. The zero-order valence-electron chi connectivity index (χ0n) is 7.15. The molecule has 1 nitrogen and oxygen atoms in total. The standard InChI is InChI=1S/C9H17N/c1-4-6-9(2)7-5-8-10-3/h5-7,10H,4,8H2,1-3H3/b7-5-,9-6-. The van der Waals surface area contributed by atoms with Crippen LogP contribution in [0.4, 0.5) is 0 Å². The van der Waals surface area contributed by atoms with Gasteiger partial charge >= 0.3 is 0 Å². The molecular weight excluding hydrogens is 122 g/mol. The molecule has 0 fully saturated rings. The topological polar surface area (TPSA) is 12.0 Å². The number of hydrogen-bond acceptors (Lipinski definition) is 1. The lowest BCUT2D eigenvalue weighted by molar-refractivity contribution is 0.919. The Bertz CT molecular complexity index is 123. The van der Waals surface area contributed by atoms with Gasteiger partial charge in [0.1, 0.15) is 0 Å². The highest BCUT2D eigenvalue weighted by Crippen LogP contribution is 1.95. The molecular formula is C9H17N. The molecule has 0 spiro atoms. The van der Waals surface area contributed by atoms with Gasteiger partial charge in [-0.15, -0.1) is 0 Å². The second-order valence-electron chi connectivity index (χ2n) is 2.32. The number of rotatable bonds is 4. The second-order valence-corrected chi connectivity index (χ2v) is 2.32. The predicted octanol–water partition coefficient (Wildman–Crippen LogP) is 2.12. The van der Waals surface area contributed by atoms with Gasteiger partial charge in [0.25, 0.3) is 0 Å². The molecule has 0 aliphatic rings. The van der Waals surface area contributed by atoms with E-state index in [0.29, 0.717) is 0 Å². The van der Waals surface area contributed by atoms with E-state index in [4.69, 9.17) is 0 Å². The Morgan fingerprint density at radius 1 is 1.50 bits per heavy atom. The quantitative estimate of drug-likeness (QED) is 0.588. The van der Waals surface area contributed by atoms with Crippen molar-refractivity contribution in [3.05, 3.63) is 23.8 Å². The Labute approximate surface area is 63.8 Å². The average molecular weight is 139 g/mol. The van der Waals surface area contributed by atoms with E-state index in [1.54, 1.807) is 0 Å². The first-order chi connectivity index (χ1) is 4.81. The highest BCUT2D eigenvalue weighted by atomic mass is 14.8. The van der Waals surface area contributed by atoms with Crippen LogP contribution in [0.5, 0.6) is 0 Å². The van der Waals surface area contributed by atoms with Gasteiger partial charge in [-0.25, -0.2) is 0 Å². The third-order valence-electron chi connectivity index (χ3n) is 1.23. The summed E-state index contributed by atoms with van der Waals surface area (Å²) in [4.78, 5) is 0. The third kappa shape index (κ3) is 5.57. The van der Waals surface area contributed by atoms with Crippen molar-refractivity contribution in [3.8, 4) is 0 Å². The summed E-state index contributed by atoms with van der Waals surface area (Å²) in [5.74, 6) is 0. The van der Waals surface area contributed by atoms with Crippen molar-refractivity contribution < 1.29 is 0 Å². The molecule has 0 aromatic rings. The van der Waals surface area contributed by atoms with Crippen molar-refractivity contribution in [2.24, 2.45) is 0 Å². The maximum atomic E-state index is 3.05. The first kappa shape index (κ1) is 9.44. The maximum absolute atomic E-state index is 3.05. The van der Waals surface area contributed by atoms with Crippen LogP contribution in [-0.2, 0) is 0 Å². The molecule has 0 saturated heterocycles. The van der Waals surface area contributed by atoms with E-state index in [1.807, 2.05) is 7.05 Å². The molecule has 0 aromatic heterocycles. The van der Waals surface area contributed by atoms with Crippen LogP contribution >= 0.6 is 0 Å². The molecule has 0 rings (SSSR count). The average Bonchev–Trinajstić information content (AvgIpc) is 1.89. The molecule has 0 amide bonds. The SMILES string of the molecule is CC/C=C(C)\C=C/CNC. The van der Waals surface area contributed by atoms with Crippen molar-refractivity contribution in [2.75, 3.05) is 13.6 Å². The van der Waals surface area contributed by atoms with E-state index < -0.39 is 0 Å². The summed E-state index contributed by atoms with van der Waals surface area (Å²) < 4.78 is 0. The van der Waals surface area contributed by atoms with Gasteiger partial charge in [-0.2, -0.15) is 0 Å². The molecule has 0 radical (unpaired) electrons. The van der Waals surface area contributed by atoms with Crippen molar-refractivity contribution >= 4 is 0 Å². The van der Waals surface area contributed by atoms with E-state index in [0.717, 1.165) is 13.0 Å². The predicted molar refractivity (Wildman–Crippen MR) is 47.1 cm³/mol. The Balaban J connectivity index is 3.55. The molecule has 10 heavy (non-hydrogen) atoms. The molecule has 0 aliphatic carbocycles. The summed E-state index contributed by atoms with van der Waals surface area (Å²) in [6, 6.07) is 0. The van der Waals surface area contributed by atoms with Crippen LogP contribution < -0.4 is 5.32 Å². The summed E-state index contributed by atoms with van der Waals surface area (Å²) in [5.41, 5.74) is 1.35. The van der Waals surface area contributed by atoms with E-state index in [9.17, 15) is 0 Å². The van der Waals surface area contributed by atoms with Gasteiger partial charge in [0.15, 0.2) is 0 Å². The zero-order chi connectivity index (χ0) is 7.82. The Morgan fingerprint density at radius 3 is 2.70 bits per heavy atom. The number of likely N-dealkylation sites (N-methyl/N-ethyl adjacent to an activating group) is 1. The highest BCUT2D eigenvalue weighted by molar-refractivity contribution is 5.15. The zero-order valence-corrected chi connectivity index (χ0v) is 7.15. The molecule has 0 atom stereocenters. The molecule has 58 valence electrons. The Morgan fingerprint density at radius 2 is 2.20 bits per heavy atom. The minimum Gasteiger partial charge on any atom is -0.316 e. The smallest absolute Gasteiger partial charge is 0.0135 e. The lowest BCUT2D eigenvalue weighted by atomic mass is 10.2. The monoisotopic (exact) mass is 139 g/mol. The highest BCUT2D eigenvalue weighted by Gasteiger charge is 1.77. The van der Waals surface area contributed by atoms with Crippen LogP contribution in [-0.4, -0.2) is 13.6 Å². The molecule has 0 aromatic carbocycles. The fraction of sp³-hybridized carbons (Fsp3) is 0.556. The van der Waals surface area contributed by atoms with Crippen molar-refractivity contribution in [1.29, 1.82) is 0 Å². The molecule has 0 unspecified atom stereocenters. The van der Waals surface area contributed by atoms with E-state index in [-0.39, 0.29) is 0 Å². The van der Waals surface area contributed by atoms with E-state index in [1.165, 1.54) is 5.57 Å². The van der Waals surface area contributed by atoms with E-state index >= 15 is 0 Å². The summed E-state index contributed by atoms with van der Waals surface area (Å²) in [6.45, 7) is 5.22. The van der Waals surface area contributed by atoms with Crippen LogP contribution in [0.3, 0.4) is 0 Å². The van der Waals surface area contributed by atoms with Gasteiger partial charge in [-0.1, -0.05) is 30.7 Å². The lowest BCUT2D eigenvalue weighted by Gasteiger charge is -1.90. The molecule has 0 bridgehead atoms. The van der Waals surface area contributed by atoms with Gasteiger partial charge in [-0.05, 0) is 20.4 Å². The van der Waals surface area contributed by atoms with Crippen molar-refractivity contribution in [2.45, 2.75) is 20.3 Å². The van der Waals surface area contributed by atoms with E-state index in [2.05, 4.69) is 37.4 Å². The van der Waals surface area contributed by atoms with Crippen LogP contribution in [0, 0.1) is 0 Å². The molecule has 0 saturated carbocycles. The van der Waals surface area contributed by atoms with Gasteiger partial charge in [0, 0.05) is 6.54 Å². The number of nitrogens with one attached hydrogen (secondary N) is 1. The van der Waals surface area contributed by atoms with Gasteiger partial charge < -0.3 is 5.32 Å². The minimum atomic E-state index is 0.953. The third-order valence-corrected chi connectivity index (χ3v) is 1.23. The minimum absolute atomic E-state index is 0.953. The fourth-order valence-electron chi connectivity index (χ4n) is 0.753. The molecule has 1 heteroatoms. The molecule has 1 N–H and O–H groups in total. The summed E-state index contributed by atoms with van der Waals surface area (Å²) in [7, 11) is 1.95. The summed E-state index contributed by atoms with van der Waals surface area (Å²) in [6.07, 6.45) is 7.60. The molecule has 0 heterocycles. The van der Waals surface area contributed by atoms with Crippen LogP contribution in [0.15, 0.2) is 23.8 Å².